The van der Waals surface area contributed by atoms with E-state index in [1.54, 1.807) is 4.90 Å². The summed E-state index contributed by atoms with van der Waals surface area (Å²) in [6, 6.07) is -0.483. The fraction of sp³-hybridized carbons (Fsp3) is 0.917. The molecular weight excluding hydrogens is 220 g/mol. The van der Waals surface area contributed by atoms with Crippen LogP contribution in [0.5, 0.6) is 0 Å². The number of nitrogens with two attached hydrogens (primary N) is 1. The van der Waals surface area contributed by atoms with Crippen LogP contribution in [-0.2, 0) is 9.53 Å². The predicted octanol–water partition coefficient (Wildman–Crippen LogP) is -0.0320. The first-order chi connectivity index (χ1) is 7.76. The summed E-state index contributed by atoms with van der Waals surface area (Å²) < 4.78 is 5.66. The molecule has 0 bridgehead atoms. The first kappa shape index (κ1) is 14.4. The van der Waals surface area contributed by atoms with Gasteiger partial charge in [0.15, 0.2) is 0 Å². The summed E-state index contributed by atoms with van der Waals surface area (Å²) in [5.74, 6) is 0.0517. The predicted molar refractivity (Wildman–Crippen MR) is 65.4 cm³/mol. The van der Waals surface area contributed by atoms with E-state index in [-0.39, 0.29) is 24.5 Å². The third-order valence-corrected chi connectivity index (χ3v) is 3.00. The van der Waals surface area contributed by atoms with Gasteiger partial charge in [0.25, 0.3) is 0 Å². The SMILES string of the molecule is CC(C)C(N)C(=O)N1CC(CO)OC(C)(C)C1. The Balaban J connectivity index is 2.73. The molecule has 0 saturated carbocycles. The van der Waals surface area contributed by atoms with Gasteiger partial charge in [-0.25, -0.2) is 0 Å². The lowest BCUT2D eigenvalue weighted by Gasteiger charge is -2.43. The number of carbonyl (C=O) groups is 1. The highest BCUT2D eigenvalue weighted by atomic mass is 16.5. The van der Waals surface area contributed by atoms with E-state index in [2.05, 4.69) is 0 Å². The van der Waals surface area contributed by atoms with Crippen molar-refractivity contribution in [1.82, 2.24) is 4.90 Å². The second-order valence-corrected chi connectivity index (χ2v) is 5.67. The Labute approximate surface area is 103 Å². The summed E-state index contributed by atoms with van der Waals surface area (Å²) in [4.78, 5) is 13.9. The van der Waals surface area contributed by atoms with Crippen LogP contribution >= 0.6 is 0 Å². The van der Waals surface area contributed by atoms with Crippen molar-refractivity contribution in [2.24, 2.45) is 11.7 Å². The molecule has 5 nitrogen and oxygen atoms in total. The number of rotatable bonds is 3. The van der Waals surface area contributed by atoms with Gasteiger partial charge in [-0.3, -0.25) is 4.79 Å². The van der Waals surface area contributed by atoms with E-state index >= 15 is 0 Å². The molecule has 0 aliphatic carbocycles. The number of amides is 1. The normalized spacial score (nSPS) is 26.1. The maximum Gasteiger partial charge on any atom is 0.239 e. The van der Waals surface area contributed by atoms with Crippen LogP contribution in [0.2, 0.25) is 0 Å². The summed E-state index contributed by atoms with van der Waals surface area (Å²) in [7, 11) is 0. The van der Waals surface area contributed by atoms with E-state index in [1.807, 2.05) is 27.7 Å². The Morgan fingerprint density at radius 3 is 2.65 bits per heavy atom. The Hall–Kier alpha value is -0.650. The first-order valence-electron chi connectivity index (χ1n) is 6.10. The van der Waals surface area contributed by atoms with Gasteiger partial charge in [-0.1, -0.05) is 13.8 Å². The number of hydrogen-bond donors (Lipinski definition) is 2. The van der Waals surface area contributed by atoms with Crippen LogP contribution in [0, 0.1) is 5.92 Å². The minimum Gasteiger partial charge on any atom is -0.394 e. The van der Waals surface area contributed by atoms with E-state index < -0.39 is 11.6 Å². The summed E-state index contributed by atoms with van der Waals surface area (Å²) in [6.45, 7) is 8.54. The minimum atomic E-state index is -0.483. The summed E-state index contributed by atoms with van der Waals surface area (Å²) in [6.07, 6.45) is -0.318. The molecule has 100 valence electrons. The summed E-state index contributed by atoms with van der Waals surface area (Å²) in [5.41, 5.74) is 5.44. The lowest BCUT2D eigenvalue weighted by Crippen LogP contribution is -2.59. The summed E-state index contributed by atoms with van der Waals surface area (Å²) >= 11 is 0. The molecule has 2 unspecified atom stereocenters. The van der Waals surface area contributed by atoms with Gasteiger partial charge in [0, 0.05) is 13.1 Å². The molecule has 1 amide bonds. The van der Waals surface area contributed by atoms with Crippen LogP contribution in [0.15, 0.2) is 0 Å². The molecule has 17 heavy (non-hydrogen) atoms. The molecule has 3 N–H and O–H groups in total. The van der Waals surface area contributed by atoms with Gasteiger partial charge in [-0.2, -0.15) is 0 Å². The highest BCUT2D eigenvalue weighted by Crippen LogP contribution is 2.21. The quantitative estimate of drug-likeness (QED) is 0.731. The lowest BCUT2D eigenvalue weighted by atomic mass is 10.0. The van der Waals surface area contributed by atoms with Gasteiger partial charge in [0.2, 0.25) is 5.91 Å². The zero-order chi connectivity index (χ0) is 13.2. The van der Waals surface area contributed by atoms with Crippen molar-refractivity contribution in [3.63, 3.8) is 0 Å². The second kappa shape index (κ2) is 5.33. The molecule has 1 rings (SSSR count). The number of morpholine rings is 1. The standard InChI is InChI=1S/C12H24N2O3/c1-8(2)10(13)11(16)14-5-9(6-15)17-12(3,4)7-14/h8-10,15H,5-7,13H2,1-4H3. The van der Waals surface area contributed by atoms with Crippen LogP contribution in [0.25, 0.3) is 0 Å². The van der Waals surface area contributed by atoms with Gasteiger partial charge in [0.1, 0.15) is 0 Å². The third kappa shape index (κ3) is 3.66. The number of carbonyl (C=O) groups excluding carboxylic acids is 1. The average Bonchev–Trinajstić information content (AvgIpc) is 2.24. The van der Waals surface area contributed by atoms with Gasteiger partial charge in [-0.05, 0) is 19.8 Å². The van der Waals surface area contributed by atoms with Gasteiger partial charge < -0.3 is 20.5 Å². The molecule has 2 atom stereocenters. The number of ether oxygens (including phenoxy) is 1. The lowest BCUT2D eigenvalue weighted by molar-refractivity contribution is -0.168. The van der Waals surface area contributed by atoms with Crippen molar-refractivity contribution in [2.45, 2.75) is 45.4 Å². The van der Waals surface area contributed by atoms with E-state index in [0.717, 1.165) is 0 Å². The van der Waals surface area contributed by atoms with Crippen molar-refractivity contribution in [3.05, 3.63) is 0 Å². The molecule has 0 aromatic heterocycles. The number of aliphatic hydroxyl groups excluding tert-OH is 1. The van der Waals surface area contributed by atoms with Crippen molar-refractivity contribution < 1.29 is 14.6 Å². The number of hydrogen-bond acceptors (Lipinski definition) is 4. The number of nitrogens with zero attached hydrogens (tertiary/aromatic N) is 1. The molecule has 1 aliphatic heterocycles. The van der Waals surface area contributed by atoms with Crippen molar-refractivity contribution in [3.8, 4) is 0 Å². The molecule has 5 heteroatoms. The van der Waals surface area contributed by atoms with Gasteiger partial charge in [-0.15, -0.1) is 0 Å². The van der Waals surface area contributed by atoms with Crippen LogP contribution in [-0.4, -0.2) is 53.4 Å². The second-order valence-electron chi connectivity index (χ2n) is 5.67. The number of aliphatic hydroxyl groups is 1. The fourth-order valence-corrected chi connectivity index (χ4v) is 2.05. The highest BCUT2D eigenvalue weighted by Gasteiger charge is 2.37. The molecule has 0 aromatic carbocycles. The Kier molecular flexibility index (Phi) is 4.52. The van der Waals surface area contributed by atoms with Crippen LogP contribution in [0.1, 0.15) is 27.7 Å². The zero-order valence-electron chi connectivity index (χ0n) is 11.1. The topological polar surface area (TPSA) is 75.8 Å². The fourth-order valence-electron chi connectivity index (χ4n) is 2.05. The van der Waals surface area contributed by atoms with Crippen LogP contribution in [0.4, 0.5) is 0 Å². The molecule has 1 heterocycles. The minimum absolute atomic E-state index is 0.0603. The largest absolute Gasteiger partial charge is 0.394 e. The van der Waals surface area contributed by atoms with E-state index in [9.17, 15) is 9.90 Å². The molecular formula is C12H24N2O3. The smallest absolute Gasteiger partial charge is 0.239 e. The first-order valence-corrected chi connectivity index (χ1v) is 6.10. The maximum atomic E-state index is 12.2. The van der Waals surface area contributed by atoms with Crippen LogP contribution < -0.4 is 5.73 Å². The van der Waals surface area contributed by atoms with Gasteiger partial charge >= 0.3 is 0 Å². The van der Waals surface area contributed by atoms with Gasteiger partial charge in [0.05, 0.1) is 24.4 Å². The molecule has 0 aromatic rings. The maximum absolute atomic E-state index is 12.2. The Morgan fingerprint density at radius 2 is 2.18 bits per heavy atom. The molecule has 1 aliphatic rings. The van der Waals surface area contributed by atoms with Crippen molar-refractivity contribution >= 4 is 5.91 Å². The highest BCUT2D eigenvalue weighted by molar-refractivity contribution is 5.82. The molecule has 0 radical (unpaired) electrons. The third-order valence-electron chi connectivity index (χ3n) is 3.00. The van der Waals surface area contributed by atoms with E-state index in [0.29, 0.717) is 13.1 Å². The molecule has 1 saturated heterocycles. The molecule has 0 spiro atoms. The zero-order valence-corrected chi connectivity index (χ0v) is 11.1. The van der Waals surface area contributed by atoms with E-state index in [1.165, 1.54) is 0 Å². The Bertz CT molecular complexity index is 279. The summed E-state index contributed by atoms with van der Waals surface area (Å²) in [5, 5.41) is 9.18. The molecule has 1 fully saturated rings. The average molecular weight is 244 g/mol. The van der Waals surface area contributed by atoms with E-state index in [4.69, 9.17) is 10.5 Å². The monoisotopic (exact) mass is 244 g/mol. The van der Waals surface area contributed by atoms with Crippen LogP contribution in [0.3, 0.4) is 0 Å². The Morgan fingerprint density at radius 1 is 1.59 bits per heavy atom. The van der Waals surface area contributed by atoms with Crippen molar-refractivity contribution in [2.75, 3.05) is 19.7 Å². The van der Waals surface area contributed by atoms with Crippen molar-refractivity contribution in [1.29, 1.82) is 0 Å².